The lowest BCUT2D eigenvalue weighted by Gasteiger charge is -1.99. The molecule has 0 radical (unpaired) electrons. The van der Waals surface area contributed by atoms with Gasteiger partial charge in [0.1, 0.15) is 4.88 Å². The van der Waals surface area contributed by atoms with E-state index in [0.29, 0.717) is 4.88 Å². The van der Waals surface area contributed by atoms with E-state index in [0.717, 1.165) is 5.56 Å². The largest absolute Gasteiger partial charge is 0.386 e. The highest BCUT2D eigenvalue weighted by Gasteiger charge is 2.10. The molecule has 2 aromatic heterocycles. The van der Waals surface area contributed by atoms with E-state index < -0.39 is 5.97 Å². The summed E-state index contributed by atoms with van der Waals surface area (Å²) in [6.07, 6.45) is 4.69. The number of hydrogen-bond acceptors (Lipinski definition) is 5. The fourth-order valence-corrected chi connectivity index (χ4v) is 1.61. The Balaban J connectivity index is 2.09. The highest BCUT2D eigenvalue weighted by molar-refractivity contribution is 7.12. The Morgan fingerprint density at radius 2 is 2.19 bits per heavy atom. The van der Waals surface area contributed by atoms with Crippen LogP contribution in [0.15, 0.2) is 36.5 Å². The molecular weight excluding hydrogens is 224 g/mol. The van der Waals surface area contributed by atoms with Gasteiger partial charge in [0.25, 0.3) is 0 Å². The fourth-order valence-electron chi connectivity index (χ4n) is 1.01. The zero-order chi connectivity index (χ0) is 11.4. The van der Waals surface area contributed by atoms with Crippen molar-refractivity contribution in [3.63, 3.8) is 0 Å². The maximum absolute atomic E-state index is 11.5. The van der Waals surface area contributed by atoms with Gasteiger partial charge in [0.2, 0.25) is 0 Å². The number of hydrogen-bond donors (Lipinski definition) is 0. The molecule has 2 aromatic rings. The molecule has 0 aliphatic carbocycles. The molecule has 0 fully saturated rings. The first kappa shape index (κ1) is 10.5. The van der Waals surface area contributed by atoms with Crippen molar-refractivity contribution in [1.82, 2.24) is 9.97 Å². The molecule has 0 aliphatic heterocycles. The van der Waals surface area contributed by atoms with Crippen LogP contribution in [0.5, 0.6) is 6.01 Å². The molecule has 0 aliphatic rings. The summed E-state index contributed by atoms with van der Waals surface area (Å²) >= 11 is 1.31. The number of carbonyl (C=O) groups is 1. The maximum Gasteiger partial charge on any atom is 0.356 e. The van der Waals surface area contributed by atoms with Gasteiger partial charge < -0.3 is 4.74 Å². The number of nitrogens with zero attached hydrogens (tertiary/aromatic N) is 2. The van der Waals surface area contributed by atoms with Crippen molar-refractivity contribution in [2.75, 3.05) is 0 Å². The average Bonchev–Trinajstić information content (AvgIpc) is 2.83. The molecule has 0 saturated carbocycles. The van der Waals surface area contributed by atoms with Gasteiger partial charge in [-0.25, -0.2) is 14.8 Å². The van der Waals surface area contributed by atoms with Gasteiger partial charge in [0.05, 0.1) is 0 Å². The Hall–Kier alpha value is -2.01. The number of ether oxygens (including phenoxy) is 1. The van der Waals surface area contributed by atoms with Crippen LogP contribution in [-0.2, 0) is 0 Å². The van der Waals surface area contributed by atoms with Gasteiger partial charge in [-0.05, 0) is 11.4 Å². The number of rotatable bonds is 3. The standard InChI is InChI=1S/C11H8N2O2S/c1-2-8-6-12-11(13-7-8)15-10(14)9-4-3-5-16-9/h2-7H,1H2. The molecule has 2 heterocycles. The van der Waals surface area contributed by atoms with Crippen molar-refractivity contribution >= 4 is 23.4 Å². The normalized spacial score (nSPS) is 9.75. The van der Waals surface area contributed by atoms with Crippen LogP contribution in [0.25, 0.3) is 6.08 Å². The molecule has 0 amide bonds. The zero-order valence-electron chi connectivity index (χ0n) is 8.29. The summed E-state index contributed by atoms with van der Waals surface area (Å²) in [5, 5.41) is 1.80. The predicted octanol–water partition coefficient (Wildman–Crippen LogP) is 2.40. The van der Waals surface area contributed by atoms with E-state index in [4.69, 9.17) is 4.74 Å². The van der Waals surface area contributed by atoms with Gasteiger partial charge in [-0.2, -0.15) is 0 Å². The third-order valence-corrected chi connectivity index (χ3v) is 2.64. The van der Waals surface area contributed by atoms with E-state index in [9.17, 15) is 4.79 Å². The van der Waals surface area contributed by atoms with E-state index in [1.165, 1.54) is 23.7 Å². The summed E-state index contributed by atoms with van der Waals surface area (Å²) in [6, 6.07) is 3.51. The summed E-state index contributed by atoms with van der Waals surface area (Å²) in [5.41, 5.74) is 0.774. The van der Waals surface area contributed by atoms with E-state index in [-0.39, 0.29) is 6.01 Å². The highest BCUT2D eigenvalue weighted by atomic mass is 32.1. The Labute approximate surface area is 96.2 Å². The SMILES string of the molecule is C=Cc1cnc(OC(=O)c2cccs2)nc1. The van der Waals surface area contributed by atoms with Gasteiger partial charge in [-0.3, -0.25) is 0 Å². The third-order valence-electron chi connectivity index (χ3n) is 1.79. The molecular formula is C11H8N2O2S. The van der Waals surface area contributed by atoms with Crippen LogP contribution in [0.1, 0.15) is 15.2 Å². The average molecular weight is 232 g/mol. The number of aromatic nitrogens is 2. The molecule has 0 bridgehead atoms. The second-order valence-corrected chi connectivity index (χ2v) is 3.82. The van der Waals surface area contributed by atoms with Crippen LogP contribution < -0.4 is 4.74 Å². The van der Waals surface area contributed by atoms with Crippen LogP contribution in [0, 0.1) is 0 Å². The summed E-state index contributed by atoms with van der Waals surface area (Å²) in [7, 11) is 0. The van der Waals surface area contributed by atoms with Crippen LogP contribution in [0.4, 0.5) is 0 Å². The van der Waals surface area contributed by atoms with Crippen molar-refractivity contribution < 1.29 is 9.53 Å². The molecule has 5 heteroatoms. The molecule has 16 heavy (non-hydrogen) atoms. The molecule has 0 spiro atoms. The Morgan fingerprint density at radius 3 is 2.75 bits per heavy atom. The van der Waals surface area contributed by atoms with Gasteiger partial charge in [-0.15, -0.1) is 11.3 Å². The Morgan fingerprint density at radius 1 is 1.44 bits per heavy atom. The minimum atomic E-state index is -0.443. The molecule has 80 valence electrons. The van der Waals surface area contributed by atoms with E-state index in [2.05, 4.69) is 16.5 Å². The van der Waals surface area contributed by atoms with Crippen LogP contribution in [-0.4, -0.2) is 15.9 Å². The number of thiophene rings is 1. The predicted molar refractivity (Wildman–Crippen MR) is 61.4 cm³/mol. The number of carbonyl (C=O) groups excluding carboxylic acids is 1. The van der Waals surface area contributed by atoms with Crippen LogP contribution >= 0.6 is 11.3 Å². The van der Waals surface area contributed by atoms with E-state index in [1.54, 1.807) is 23.6 Å². The molecule has 0 saturated heterocycles. The lowest BCUT2D eigenvalue weighted by Crippen LogP contribution is -2.08. The van der Waals surface area contributed by atoms with Crippen molar-refractivity contribution in [3.05, 3.63) is 46.9 Å². The van der Waals surface area contributed by atoms with Crippen molar-refractivity contribution in [2.24, 2.45) is 0 Å². The quantitative estimate of drug-likeness (QED) is 0.762. The Bertz CT molecular complexity index is 491. The summed E-state index contributed by atoms with van der Waals surface area (Å²) in [4.78, 5) is 19.8. The van der Waals surface area contributed by atoms with Crippen molar-refractivity contribution in [3.8, 4) is 6.01 Å². The summed E-state index contributed by atoms with van der Waals surface area (Å²) in [5.74, 6) is -0.443. The highest BCUT2D eigenvalue weighted by Crippen LogP contribution is 2.12. The van der Waals surface area contributed by atoms with Gasteiger partial charge in [0.15, 0.2) is 0 Å². The van der Waals surface area contributed by atoms with Gasteiger partial charge in [0, 0.05) is 18.0 Å². The zero-order valence-corrected chi connectivity index (χ0v) is 9.11. The molecule has 0 N–H and O–H groups in total. The summed E-state index contributed by atoms with van der Waals surface area (Å²) < 4.78 is 4.97. The van der Waals surface area contributed by atoms with Crippen molar-refractivity contribution in [1.29, 1.82) is 0 Å². The lowest BCUT2D eigenvalue weighted by molar-refractivity contribution is 0.0724. The van der Waals surface area contributed by atoms with Gasteiger partial charge >= 0.3 is 12.0 Å². The number of esters is 1. The maximum atomic E-state index is 11.5. The molecule has 0 aromatic carbocycles. The minimum Gasteiger partial charge on any atom is -0.386 e. The first-order valence-corrected chi connectivity index (χ1v) is 5.38. The molecule has 2 rings (SSSR count). The monoisotopic (exact) mass is 232 g/mol. The molecule has 0 unspecified atom stereocenters. The first-order valence-electron chi connectivity index (χ1n) is 4.50. The third kappa shape index (κ3) is 2.32. The van der Waals surface area contributed by atoms with Crippen LogP contribution in [0.3, 0.4) is 0 Å². The second-order valence-electron chi connectivity index (χ2n) is 2.87. The Kier molecular flexibility index (Phi) is 3.07. The van der Waals surface area contributed by atoms with E-state index >= 15 is 0 Å². The topological polar surface area (TPSA) is 52.1 Å². The van der Waals surface area contributed by atoms with Gasteiger partial charge in [-0.1, -0.05) is 18.7 Å². The van der Waals surface area contributed by atoms with E-state index in [1.807, 2.05) is 0 Å². The van der Waals surface area contributed by atoms with Crippen molar-refractivity contribution in [2.45, 2.75) is 0 Å². The summed E-state index contributed by atoms with van der Waals surface area (Å²) in [6.45, 7) is 3.58. The smallest absolute Gasteiger partial charge is 0.356 e. The lowest BCUT2D eigenvalue weighted by atomic mass is 10.3. The fraction of sp³-hybridized carbons (Fsp3) is 0. The molecule has 4 nitrogen and oxygen atoms in total. The molecule has 0 atom stereocenters. The first-order chi connectivity index (χ1) is 7.79. The minimum absolute atomic E-state index is 0.0454. The van der Waals surface area contributed by atoms with Crippen LogP contribution in [0.2, 0.25) is 0 Å². The second kappa shape index (κ2) is 4.67.